The molecule has 1 aromatic heterocycles. The minimum atomic E-state index is -0.397. The van der Waals surface area contributed by atoms with Crippen LogP contribution in [0.15, 0.2) is 18.3 Å². The van der Waals surface area contributed by atoms with Crippen molar-refractivity contribution in [1.29, 1.82) is 0 Å². The zero-order chi connectivity index (χ0) is 12.8. The number of aromatic nitrogens is 1. The first kappa shape index (κ1) is 12.8. The number of nitrogens with one attached hydrogen (secondary N) is 1. The Hall–Kier alpha value is -1.65. The van der Waals surface area contributed by atoms with Crippen molar-refractivity contribution in [3.8, 4) is 0 Å². The quantitative estimate of drug-likeness (QED) is 0.477. The minimum Gasteiger partial charge on any atom is -0.370 e. The molecule has 0 aromatic carbocycles. The number of nitrogens with zero attached hydrogens (tertiary/aromatic N) is 2. The van der Waals surface area contributed by atoms with E-state index in [-0.39, 0.29) is 5.69 Å². The molecular formula is C13H19N3O2. The summed E-state index contributed by atoms with van der Waals surface area (Å²) in [6.07, 6.45) is 9.33. The van der Waals surface area contributed by atoms with Crippen LogP contribution in [0.5, 0.6) is 0 Å². The van der Waals surface area contributed by atoms with E-state index in [0.717, 1.165) is 18.9 Å². The van der Waals surface area contributed by atoms with Crippen LogP contribution in [0.1, 0.15) is 38.5 Å². The van der Waals surface area contributed by atoms with Gasteiger partial charge in [0.2, 0.25) is 0 Å². The van der Waals surface area contributed by atoms with E-state index in [1.807, 2.05) is 0 Å². The van der Waals surface area contributed by atoms with Gasteiger partial charge in [0.15, 0.2) is 0 Å². The smallest absolute Gasteiger partial charge is 0.274 e. The molecule has 1 saturated carbocycles. The molecule has 0 atom stereocenters. The molecule has 5 nitrogen and oxygen atoms in total. The molecular weight excluding hydrogens is 230 g/mol. The Morgan fingerprint density at radius 2 is 2.22 bits per heavy atom. The zero-order valence-electron chi connectivity index (χ0n) is 10.5. The number of pyridine rings is 1. The van der Waals surface area contributed by atoms with Gasteiger partial charge in [-0.1, -0.05) is 25.7 Å². The van der Waals surface area contributed by atoms with Gasteiger partial charge in [-0.25, -0.2) is 4.98 Å². The van der Waals surface area contributed by atoms with Crippen LogP contribution in [-0.2, 0) is 0 Å². The fourth-order valence-corrected chi connectivity index (χ4v) is 2.54. The maximum absolute atomic E-state index is 10.6. The molecule has 0 unspecified atom stereocenters. The lowest BCUT2D eigenvalue weighted by Gasteiger charge is -2.09. The lowest BCUT2D eigenvalue weighted by atomic mass is 10.0. The highest BCUT2D eigenvalue weighted by molar-refractivity contribution is 5.43. The second kappa shape index (κ2) is 6.33. The molecule has 5 heteroatoms. The molecule has 1 fully saturated rings. The van der Waals surface area contributed by atoms with Crippen molar-refractivity contribution in [2.24, 2.45) is 5.92 Å². The number of nitro groups is 1. The molecule has 0 spiro atoms. The number of hydrogen-bond acceptors (Lipinski definition) is 4. The summed E-state index contributed by atoms with van der Waals surface area (Å²) >= 11 is 0. The molecule has 0 amide bonds. The molecule has 1 heterocycles. The van der Waals surface area contributed by atoms with Gasteiger partial charge in [-0.15, -0.1) is 0 Å². The van der Waals surface area contributed by atoms with Gasteiger partial charge in [-0.2, -0.15) is 0 Å². The van der Waals surface area contributed by atoms with Crippen LogP contribution in [0.25, 0.3) is 0 Å². The molecule has 18 heavy (non-hydrogen) atoms. The SMILES string of the molecule is O=[N+]([O-])c1ccnc(NCCCC2CCCC2)c1. The summed E-state index contributed by atoms with van der Waals surface area (Å²) in [4.78, 5) is 14.3. The highest BCUT2D eigenvalue weighted by atomic mass is 16.6. The lowest BCUT2D eigenvalue weighted by Crippen LogP contribution is -2.05. The van der Waals surface area contributed by atoms with Crippen molar-refractivity contribution < 1.29 is 4.92 Å². The first-order valence-electron chi connectivity index (χ1n) is 6.60. The fourth-order valence-electron chi connectivity index (χ4n) is 2.54. The van der Waals surface area contributed by atoms with Crippen LogP contribution in [-0.4, -0.2) is 16.5 Å². The minimum absolute atomic E-state index is 0.0864. The van der Waals surface area contributed by atoms with E-state index >= 15 is 0 Å². The Balaban J connectivity index is 1.72. The Bertz CT molecular complexity index is 403. The number of rotatable bonds is 6. The van der Waals surface area contributed by atoms with Gasteiger partial charge in [-0.3, -0.25) is 10.1 Å². The van der Waals surface area contributed by atoms with Gasteiger partial charge in [0.1, 0.15) is 5.82 Å². The van der Waals surface area contributed by atoms with Crippen LogP contribution in [0.2, 0.25) is 0 Å². The molecule has 0 radical (unpaired) electrons. The zero-order valence-corrected chi connectivity index (χ0v) is 10.5. The lowest BCUT2D eigenvalue weighted by molar-refractivity contribution is -0.384. The van der Waals surface area contributed by atoms with E-state index in [1.165, 1.54) is 50.4 Å². The summed E-state index contributed by atoms with van der Waals surface area (Å²) in [6.45, 7) is 0.838. The maximum Gasteiger partial charge on any atom is 0.274 e. The van der Waals surface area contributed by atoms with E-state index in [2.05, 4.69) is 10.3 Å². The van der Waals surface area contributed by atoms with E-state index in [9.17, 15) is 10.1 Å². The first-order chi connectivity index (χ1) is 8.75. The Morgan fingerprint density at radius 3 is 2.94 bits per heavy atom. The third-order valence-corrected chi connectivity index (χ3v) is 3.52. The Kier molecular flexibility index (Phi) is 4.50. The molecule has 1 aromatic rings. The van der Waals surface area contributed by atoms with Crippen molar-refractivity contribution >= 4 is 11.5 Å². The third-order valence-electron chi connectivity index (χ3n) is 3.52. The Labute approximate surface area is 107 Å². The number of anilines is 1. The molecule has 1 N–H and O–H groups in total. The molecule has 1 aliphatic rings. The van der Waals surface area contributed by atoms with Crippen molar-refractivity contribution in [3.05, 3.63) is 28.4 Å². The van der Waals surface area contributed by atoms with E-state index < -0.39 is 4.92 Å². The topological polar surface area (TPSA) is 68.1 Å². The molecule has 0 bridgehead atoms. The normalized spacial score (nSPS) is 15.8. The first-order valence-corrected chi connectivity index (χ1v) is 6.60. The van der Waals surface area contributed by atoms with E-state index in [4.69, 9.17) is 0 Å². The molecule has 2 rings (SSSR count). The predicted octanol–water partition coefficient (Wildman–Crippen LogP) is 3.37. The van der Waals surface area contributed by atoms with Gasteiger partial charge in [0.25, 0.3) is 5.69 Å². The molecule has 0 saturated heterocycles. The predicted molar refractivity (Wildman–Crippen MR) is 70.6 cm³/mol. The van der Waals surface area contributed by atoms with E-state index in [1.54, 1.807) is 0 Å². The van der Waals surface area contributed by atoms with Gasteiger partial charge in [0, 0.05) is 18.8 Å². The van der Waals surface area contributed by atoms with Crippen molar-refractivity contribution in [2.75, 3.05) is 11.9 Å². The molecule has 1 aliphatic carbocycles. The van der Waals surface area contributed by atoms with Crippen molar-refractivity contribution in [2.45, 2.75) is 38.5 Å². The summed E-state index contributed by atoms with van der Waals surface area (Å²) in [6, 6.07) is 2.89. The van der Waals surface area contributed by atoms with Gasteiger partial charge >= 0.3 is 0 Å². The van der Waals surface area contributed by atoms with Crippen LogP contribution < -0.4 is 5.32 Å². The monoisotopic (exact) mass is 249 g/mol. The highest BCUT2D eigenvalue weighted by Gasteiger charge is 2.14. The van der Waals surface area contributed by atoms with Crippen molar-refractivity contribution in [3.63, 3.8) is 0 Å². The van der Waals surface area contributed by atoms with Crippen molar-refractivity contribution in [1.82, 2.24) is 4.98 Å². The second-order valence-corrected chi connectivity index (χ2v) is 4.88. The molecule has 0 aliphatic heterocycles. The van der Waals surface area contributed by atoms with E-state index in [0.29, 0.717) is 5.82 Å². The maximum atomic E-state index is 10.6. The highest BCUT2D eigenvalue weighted by Crippen LogP contribution is 2.28. The third kappa shape index (κ3) is 3.68. The summed E-state index contributed by atoms with van der Waals surface area (Å²) in [5.74, 6) is 1.49. The summed E-state index contributed by atoms with van der Waals surface area (Å²) in [7, 11) is 0. The van der Waals surface area contributed by atoms with Gasteiger partial charge < -0.3 is 5.32 Å². The summed E-state index contributed by atoms with van der Waals surface area (Å²) in [5, 5.41) is 13.8. The average Bonchev–Trinajstić information content (AvgIpc) is 2.88. The van der Waals surface area contributed by atoms with Crippen LogP contribution in [0.3, 0.4) is 0 Å². The van der Waals surface area contributed by atoms with Crippen LogP contribution >= 0.6 is 0 Å². The Morgan fingerprint density at radius 1 is 1.44 bits per heavy atom. The average molecular weight is 249 g/mol. The van der Waals surface area contributed by atoms with Crippen LogP contribution in [0.4, 0.5) is 11.5 Å². The fraction of sp³-hybridized carbons (Fsp3) is 0.615. The number of hydrogen-bond donors (Lipinski definition) is 1. The summed E-state index contributed by atoms with van der Waals surface area (Å²) < 4.78 is 0. The van der Waals surface area contributed by atoms with Gasteiger partial charge in [0.05, 0.1) is 11.0 Å². The largest absolute Gasteiger partial charge is 0.370 e. The standard InChI is InChI=1S/C13H19N3O2/c17-16(18)12-7-9-15-13(10-12)14-8-3-6-11-4-1-2-5-11/h7,9-11H,1-6,8H2,(H,14,15). The van der Waals surface area contributed by atoms with Crippen LogP contribution in [0, 0.1) is 16.0 Å². The second-order valence-electron chi connectivity index (χ2n) is 4.88. The summed E-state index contributed by atoms with van der Waals surface area (Å²) in [5.41, 5.74) is 0.0864. The van der Waals surface area contributed by atoms with Gasteiger partial charge in [-0.05, 0) is 18.8 Å². The molecule has 98 valence electrons.